The summed E-state index contributed by atoms with van der Waals surface area (Å²) in [6.45, 7) is 2.99. The van der Waals surface area contributed by atoms with Crippen molar-refractivity contribution in [2.24, 2.45) is 0 Å². The minimum absolute atomic E-state index is 0.180. The number of nitrogens with one attached hydrogen (secondary N) is 1. The van der Waals surface area contributed by atoms with Gasteiger partial charge in [-0.05, 0) is 24.1 Å². The molecule has 1 aromatic heterocycles. The fourth-order valence-electron chi connectivity index (χ4n) is 2.61. The van der Waals surface area contributed by atoms with Gasteiger partial charge in [-0.1, -0.05) is 24.3 Å². The predicted molar refractivity (Wildman–Crippen MR) is 95.0 cm³/mol. The summed E-state index contributed by atoms with van der Waals surface area (Å²) in [5.74, 6) is 0. The quantitative estimate of drug-likeness (QED) is 0.743. The molecule has 1 heterocycles. The second-order valence-corrected chi connectivity index (χ2v) is 5.82. The van der Waals surface area contributed by atoms with E-state index in [0.29, 0.717) is 13.1 Å². The van der Waals surface area contributed by atoms with Crippen LogP contribution in [0.2, 0.25) is 0 Å². The van der Waals surface area contributed by atoms with E-state index in [1.165, 1.54) is 0 Å². The third kappa shape index (κ3) is 5.04. The first-order chi connectivity index (χ1) is 12.1. The average Bonchev–Trinajstić information content (AvgIpc) is 3.14. The number of nitrogens with zero attached hydrogens (tertiary/aromatic N) is 3. The topological polar surface area (TPSA) is 68.6 Å². The van der Waals surface area contributed by atoms with Crippen LogP contribution in [-0.4, -0.2) is 54.3 Å². The molecule has 0 bridgehead atoms. The molecule has 136 valence electrons. The number of benzene rings is 1. The molecule has 0 aliphatic heterocycles. The molecule has 0 radical (unpaired) electrons. The zero-order chi connectivity index (χ0) is 18.2. The Bertz CT molecular complexity index is 656. The summed E-state index contributed by atoms with van der Waals surface area (Å²) in [5, 5.41) is 7.18. The van der Waals surface area contributed by atoms with Crippen LogP contribution in [0.25, 0.3) is 0 Å². The first-order valence-electron chi connectivity index (χ1n) is 8.17. The highest BCUT2D eigenvalue weighted by Crippen LogP contribution is 2.11. The molecule has 1 aromatic carbocycles. The molecular weight excluding hydrogens is 320 g/mol. The Morgan fingerprint density at radius 3 is 2.52 bits per heavy atom. The van der Waals surface area contributed by atoms with Crippen LogP contribution >= 0.6 is 0 Å². The summed E-state index contributed by atoms with van der Waals surface area (Å²) in [6, 6.07) is 9.50. The van der Waals surface area contributed by atoms with E-state index in [2.05, 4.69) is 10.4 Å². The molecule has 1 unspecified atom stereocenters. The lowest BCUT2D eigenvalue weighted by Crippen LogP contribution is -2.48. The van der Waals surface area contributed by atoms with E-state index >= 15 is 0 Å². The van der Waals surface area contributed by atoms with Gasteiger partial charge in [0.05, 0.1) is 12.6 Å². The molecule has 1 atom stereocenters. The molecule has 0 saturated carbocycles. The summed E-state index contributed by atoms with van der Waals surface area (Å²) in [7, 11) is 4.84. The normalized spacial score (nSPS) is 12.2. The van der Waals surface area contributed by atoms with Gasteiger partial charge in [0.15, 0.2) is 6.29 Å². The maximum atomic E-state index is 12.4. The Morgan fingerprint density at radius 1 is 1.24 bits per heavy atom. The highest BCUT2D eigenvalue weighted by Gasteiger charge is 2.24. The number of carbonyl (C=O) groups excluding carboxylic acids is 1. The molecule has 0 aliphatic carbocycles. The standard InChI is InChI=1S/C18H26N4O3/c1-14(17(24-3)25-4)21(2)18(23)19-12-15-8-5-6-9-16(15)13-22-11-7-10-20-22/h5-11,14,17H,12-13H2,1-4H3,(H,19,23). The Kier molecular flexibility index (Phi) is 6.97. The summed E-state index contributed by atoms with van der Waals surface area (Å²) in [4.78, 5) is 14.0. The number of aromatic nitrogens is 2. The highest BCUT2D eigenvalue weighted by atomic mass is 16.7. The lowest BCUT2D eigenvalue weighted by molar-refractivity contribution is -0.133. The van der Waals surface area contributed by atoms with E-state index in [1.807, 2.05) is 48.1 Å². The number of carbonyl (C=O) groups is 1. The van der Waals surface area contributed by atoms with E-state index in [0.717, 1.165) is 11.1 Å². The van der Waals surface area contributed by atoms with Gasteiger partial charge >= 0.3 is 6.03 Å². The number of ether oxygens (including phenoxy) is 2. The Labute approximate surface area is 148 Å². The first-order valence-corrected chi connectivity index (χ1v) is 8.17. The third-order valence-corrected chi connectivity index (χ3v) is 4.23. The number of rotatable bonds is 8. The second-order valence-electron chi connectivity index (χ2n) is 5.82. The zero-order valence-corrected chi connectivity index (χ0v) is 15.2. The SMILES string of the molecule is COC(OC)C(C)N(C)C(=O)NCc1ccccc1Cn1cccn1. The Balaban J connectivity index is 1.97. The number of hydrogen-bond donors (Lipinski definition) is 1. The van der Waals surface area contributed by atoms with Crippen LogP contribution in [0.5, 0.6) is 0 Å². The van der Waals surface area contributed by atoms with Gasteiger partial charge in [-0.25, -0.2) is 4.79 Å². The van der Waals surface area contributed by atoms with Gasteiger partial charge in [0.1, 0.15) is 0 Å². The van der Waals surface area contributed by atoms with E-state index in [1.54, 1.807) is 32.4 Å². The van der Waals surface area contributed by atoms with Crippen molar-refractivity contribution in [1.29, 1.82) is 0 Å². The van der Waals surface area contributed by atoms with Crippen molar-refractivity contribution in [1.82, 2.24) is 20.0 Å². The summed E-state index contributed by atoms with van der Waals surface area (Å²) < 4.78 is 12.3. The minimum atomic E-state index is -0.470. The van der Waals surface area contributed by atoms with Crippen molar-refractivity contribution in [3.63, 3.8) is 0 Å². The molecule has 0 saturated heterocycles. The van der Waals surface area contributed by atoms with Crippen LogP contribution in [0.4, 0.5) is 4.79 Å². The van der Waals surface area contributed by atoms with Gasteiger partial charge < -0.3 is 19.7 Å². The number of likely N-dealkylation sites (N-methyl/N-ethyl adjacent to an activating group) is 1. The van der Waals surface area contributed by atoms with Crippen LogP contribution in [0.15, 0.2) is 42.7 Å². The summed E-state index contributed by atoms with van der Waals surface area (Å²) in [6.07, 6.45) is 3.20. The fraction of sp³-hybridized carbons (Fsp3) is 0.444. The Morgan fingerprint density at radius 2 is 1.92 bits per heavy atom. The second kappa shape index (κ2) is 9.19. The molecule has 7 heteroatoms. The van der Waals surface area contributed by atoms with E-state index in [-0.39, 0.29) is 12.1 Å². The number of hydrogen-bond acceptors (Lipinski definition) is 4. The van der Waals surface area contributed by atoms with Crippen molar-refractivity contribution < 1.29 is 14.3 Å². The number of amides is 2. The van der Waals surface area contributed by atoms with Gasteiger partial charge in [0, 0.05) is 40.2 Å². The number of urea groups is 1. The van der Waals surface area contributed by atoms with Crippen molar-refractivity contribution in [3.05, 3.63) is 53.9 Å². The monoisotopic (exact) mass is 346 g/mol. The van der Waals surface area contributed by atoms with Crippen LogP contribution in [-0.2, 0) is 22.6 Å². The number of methoxy groups -OCH3 is 2. The zero-order valence-electron chi connectivity index (χ0n) is 15.2. The van der Waals surface area contributed by atoms with E-state index < -0.39 is 6.29 Å². The molecule has 2 aromatic rings. The van der Waals surface area contributed by atoms with Gasteiger partial charge in [-0.2, -0.15) is 5.10 Å². The fourth-order valence-corrected chi connectivity index (χ4v) is 2.61. The Hall–Kier alpha value is -2.38. The third-order valence-electron chi connectivity index (χ3n) is 4.23. The van der Waals surface area contributed by atoms with E-state index in [4.69, 9.17) is 9.47 Å². The minimum Gasteiger partial charge on any atom is -0.354 e. The van der Waals surface area contributed by atoms with E-state index in [9.17, 15) is 4.79 Å². The summed E-state index contributed by atoms with van der Waals surface area (Å²) >= 11 is 0. The van der Waals surface area contributed by atoms with Crippen molar-refractivity contribution >= 4 is 6.03 Å². The van der Waals surface area contributed by atoms with Crippen LogP contribution in [0, 0.1) is 0 Å². The van der Waals surface area contributed by atoms with Gasteiger partial charge in [-0.3, -0.25) is 4.68 Å². The molecule has 25 heavy (non-hydrogen) atoms. The lowest BCUT2D eigenvalue weighted by Gasteiger charge is -2.30. The molecule has 0 fully saturated rings. The molecule has 1 N–H and O–H groups in total. The van der Waals surface area contributed by atoms with Crippen molar-refractivity contribution in [2.75, 3.05) is 21.3 Å². The maximum absolute atomic E-state index is 12.4. The van der Waals surface area contributed by atoms with Crippen LogP contribution < -0.4 is 5.32 Å². The first kappa shape index (κ1) is 19.0. The highest BCUT2D eigenvalue weighted by molar-refractivity contribution is 5.74. The van der Waals surface area contributed by atoms with Crippen LogP contribution in [0.1, 0.15) is 18.1 Å². The van der Waals surface area contributed by atoms with Crippen molar-refractivity contribution in [3.8, 4) is 0 Å². The smallest absolute Gasteiger partial charge is 0.317 e. The predicted octanol–water partition coefficient (Wildman–Crippen LogP) is 2.08. The van der Waals surface area contributed by atoms with Crippen molar-refractivity contribution in [2.45, 2.75) is 32.3 Å². The molecule has 2 rings (SSSR count). The van der Waals surface area contributed by atoms with Gasteiger partial charge in [0.2, 0.25) is 0 Å². The molecule has 0 spiro atoms. The maximum Gasteiger partial charge on any atom is 0.317 e. The van der Waals surface area contributed by atoms with Crippen LogP contribution in [0.3, 0.4) is 0 Å². The van der Waals surface area contributed by atoms with Gasteiger partial charge in [-0.15, -0.1) is 0 Å². The summed E-state index contributed by atoms with van der Waals surface area (Å²) in [5.41, 5.74) is 2.18. The molecule has 7 nitrogen and oxygen atoms in total. The van der Waals surface area contributed by atoms with Gasteiger partial charge in [0.25, 0.3) is 0 Å². The largest absolute Gasteiger partial charge is 0.354 e. The average molecular weight is 346 g/mol. The molecular formula is C18H26N4O3. The lowest BCUT2D eigenvalue weighted by atomic mass is 10.1. The molecule has 2 amide bonds. The molecule has 0 aliphatic rings.